The second-order valence-electron chi connectivity index (χ2n) is 5.87. The zero-order valence-corrected chi connectivity index (χ0v) is 12.6. The van der Waals surface area contributed by atoms with E-state index in [1.54, 1.807) is 4.90 Å². The van der Waals surface area contributed by atoms with Gasteiger partial charge in [0.05, 0.1) is 30.1 Å². The summed E-state index contributed by atoms with van der Waals surface area (Å²) in [5.41, 5.74) is 3.71. The molecule has 0 saturated heterocycles. The van der Waals surface area contributed by atoms with E-state index in [0.29, 0.717) is 18.9 Å². The zero-order valence-electron chi connectivity index (χ0n) is 12.6. The van der Waals surface area contributed by atoms with Crippen LogP contribution in [-0.4, -0.2) is 32.4 Å². The molecule has 0 spiro atoms. The van der Waals surface area contributed by atoms with E-state index < -0.39 is 6.10 Å². The van der Waals surface area contributed by atoms with E-state index in [2.05, 4.69) is 9.97 Å². The number of β-amino-alcohol motifs (C(OH)–C–C–N with tert-alkyl or cyclic N) is 1. The van der Waals surface area contributed by atoms with Crippen molar-refractivity contribution >= 4 is 16.9 Å². The molecule has 5 heteroatoms. The third kappa shape index (κ3) is 2.59. The van der Waals surface area contributed by atoms with E-state index in [9.17, 15) is 9.90 Å². The number of para-hydroxylation sites is 2. The molecule has 2 aromatic carbocycles. The van der Waals surface area contributed by atoms with Crippen LogP contribution >= 0.6 is 0 Å². The molecule has 1 aliphatic heterocycles. The zero-order chi connectivity index (χ0) is 15.8. The summed E-state index contributed by atoms with van der Waals surface area (Å²) in [7, 11) is 0. The van der Waals surface area contributed by atoms with Crippen molar-refractivity contribution in [1.29, 1.82) is 0 Å². The molecule has 2 N–H and O–H groups in total. The highest BCUT2D eigenvalue weighted by Crippen LogP contribution is 2.26. The van der Waals surface area contributed by atoms with E-state index in [-0.39, 0.29) is 12.3 Å². The minimum Gasteiger partial charge on any atom is -0.387 e. The van der Waals surface area contributed by atoms with Crippen molar-refractivity contribution in [2.45, 2.75) is 19.1 Å². The van der Waals surface area contributed by atoms with Crippen LogP contribution in [-0.2, 0) is 17.8 Å². The molecule has 0 bridgehead atoms. The molecular weight excluding hydrogens is 290 g/mol. The summed E-state index contributed by atoms with van der Waals surface area (Å²) < 4.78 is 0. The van der Waals surface area contributed by atoms with Crippen LogP contribution in [0.4, 0.5) is 0 Å². The SMILES string of the molecule is O=C(Cc1nc2ccccc2[nH]1)N1Cc2ccccc2[C@H](O)C1. The van der Waals surface area contributed by atoms with Crippen LogP contribution in [0, 0.1) is 0 Å². The minimum absolute atomic E-state index is 0.0300. The monoisotopic (exact) mass is 307 g/mol. The van der Waals surface area contributed by atoms with Gasteiger partial charge in [0.1, 0.15) is 5.82 Å². The Morgan fingerprint density at radius 1 is 1.22 bits per heavy atom. The topological polar surface area (TPSA) is 69.2 Å². The summed E-state index contributed by atoms with van der Waals surface area (Å²) in [4.78, 5) is 21.9. The molecule has 0 unspecified atom stereocenters. The fraction of sp³-hybridized carbons (Fsp3) is 0.222. The second-order valence-corrected chi connectivity index (χ2v) is 5.87. The fourth-order valence-corrected chi connectivity index (χ4v) is 3.11. The predicted molar refractivity (Wildman–Crippen MR) is 86.6 cm³/mol. The molecule has 3 aromatic rings. The number of aliphatic hydroxyl groups is 1. The average Bonchev–Trinajstić information content (AvgIpc) is 2.97. The number of nitrogens with one attached hydrogen (secondary N) is 1. The molecule has 5 nitrogen and oxygen atoms in total. The summed E-state index contributed by atoms with van der Waals surface area (Å²) in [5.74, 6) is 0.627. The van der Waals surface area contributed by atoms with E-state index in [4.69, 9.17) is 0 Å². The maximum Gasteiger partial charge on any atom is 0.230 e. The quantitative estimate of drug-likeness (QED) is 0.762. The van der Waals surface area contributed by atoms with Gasteiger partial charge >= 0.3 is 0 Å². The number of aromatic amines is 1. The van der Waals surface area contributed by atoms with Gasteiger partial charge in [-0.05, 0) is 23.3 Å². The number of aliphatic hydroxyl groups excluding tert-OH is 1. The summed E-state index contributed by atoms with van der Waals surface area (Å²) in [6.07, 6.45) is -0.414. The van der Waals surface area contributed by atoms with Gasteiger partial charge in [-0.15, -0.1) is 0 Å². The van der Waals surface area contributed by atoms with Crippen molar-refractivity contribution in [3.63, 3.8) is 0 Å². The first-order chi connectivity index (χ1) is 11.2. The highest BCUT2D eigenvalue weighted by molar-refractivity contribution is 5.81. The standard InChI is InChI=1S/C18H17N3O2/c22-16-11-21(10-12-5-1-2-6-13(12)16)18(23)9-17-19-14-7-3-4-8-15(14)20-17/h1-8,16,22H,9-11H2,(H,19,20)/t16-/m1/s1. The first-order valence-corrected chi connectivity index (χ1v) is 7.68. The lowest BCUT2D eigenvalue weighted by atomic mass is 9.97. The highest BCUT2D eigenvalue weighted by atomic mass is 16.3. The van der Waals surface area contributed by atoms with Gasteiger partial charge in [-0.1, -0.05) is 36.4 Å². The number of nitrogens with zero attached hydrogens (tertiary/aromatic N) is 2. The molecule has 4 rings (SSSR count). The van der Waals surface area contributed by atoms with Crippen LogP contribution in [0.5, 0.6) is 0 Å². The molecule has 23 heavy (non-hydrogen) atoms. The Balaban J connectivity index is 1.53. The average molecular weight is 307 g/mol. The van der Waals surface area contributed by atoms with Gasteiger partial charge in [-0.2, -0.15) is 0 Å². The van der Waals surface area contributed by atoms with Crippen LogP contribution in [0.2, 0.25) is 0 Å². The van der Waals surface area contributed by atoms with Gasteiger partial charge in [0.15, 0.2) is 0 Å². The summed E-state index contributed by atoms with van der Waals surface area (Å²) in [6, 6.07) is 15.4. The molecule has 1 aliphatic rings. The van der Waals surface area contributed by atoms with Gasteiger partial charge in [0.2, 0.25) is 5.91 Å². The number of rotatable bonds is 2. The Morgan fingerprint density at radius 3 is 2.87 bits per heavy atom. The fourth-order valence-electron chi connectivity index (χ4n) is 3.11. The maximum absolute atomic E-state index is 12.6. The summed E-state index contributed by atoms with van der Waals surface area (Å²) in [5, 5.41) is 10.2. The van der Waals surface area contributed by atoms with Crippen LogP contribution in [0.15, 0.2) is 48.5 Å². The lowest BCUT2D eigenvalue weighted by molar-refractivity contribution is -0.133. The van der Waals surface area contributed by atoms with Crippen LogP contribution in [0.3, 0.4) is 0 Å². The Bertz CT molecular complexity index is 838. The van der Waals surface area contributed by atoms with Crippen molar-refractivity contribution in [3.8, 4) is 0 Å². The van der Waals surface area contributed by atoms with Crippen LogP contribution in [0.1, 0.15) is 23.1 Å². The molecule has 0 aliphatic carbocycles. The number of fused-ring (bicyclic) bond motifs is 2. The lowest BCUT2D eigenvalue weighted by Crippen LogP contribution is -2.39. The maximum atomic E-state index is 12.6. The number of hydrogen-bond donors (Lipinski definition) is 2. The number of carbonyl (C=O) groups excluding carboxylic acids is 1. The molecule has 0 saturated carbocycles. The first-order valence-electron chi connectivity index (χ1n) is 7.68. The third-order valence-corrected chi connectivity index (χ3v) is 4.28. The molecule has 116 valence electrons. The Morgan fingerprint density at radius 2 is 2.00 bits per heavy atom. The molecule has 0 fully saturated rings. The Kier molecular flexibility index (Phi) is 3.35. The van der Waals surface area contributed by atoms with E-state index >= 15 is 0 Å². The number of benzene rings is 2. The third-order valence-electron chi connectivity index (χ3n) is 4.28. The normalized spacial score (nSPS) is 17.3. The highest BCUT2D eigenvalue weighted by Gasteiger charge is 2.26. The van der Waals surface area contributed by atoms with Crippen molar-refractivity contribution in [1.82, 2.24) is 14.9 Å². The minimum atomic E-state index is -0.625. The molecule has 0 radical (unpaired) electrons. The number of aromatic nitrogens is 2. The van der Waals surface area contributed by atoms with Crippen LogP contribution in [0.25, 0.3) is 11.0 Å². The van der Waals surface area contributed by atoms with Crippen molar-refractivity contribution in [2.75, 3.05) is 6.54 Å². The summed E-state index contributed by atoms with van der Waals surface area (Å²) >= 11 is 0. The van der Waals surface area contributed by atoms with Crippen molar-refractivity contribution in [3.05, 3.63) is 65.5 Å². The number of imidazole rings is 1. The van der Waals surface area contributed by atoms with E-state index in [0.717, 1.165) is 22.2 Å². The van der Waals surface area contributed by atoms with Gasteiger partial charge in [0.25, 0.3) is 0 Å². The predicted octanol–water partition coefficient (Wildman–Crippen LogP) is 2.18. The molecular formula is C18H17N3O2. The van der Waals surface area contributed by atoms with Gasteiger partial charge in [-0.25, -0.2) is 4.98 Å². The first kappa shape index (κ1) is 14.0. The summed E-state index contributed by atoms with van der Waals surface area (Å²) in [6.45, 7) is 0.863. The molecule has 2 heterocycles. The second kappa shape index (κ2) is 5.52. The molecule has 1 atom stereocenters. The van der Waals surface area contributed by atoms with Gasteiger partial charge in [0, 0.05) is 6.54 Å². The van der Waals surface area contributed by atoms with Gasteiger partial charge < -0.3 is 15.0 Å². The lowest BCUT2D eigenvalue weighted by Gasteiger charge is -2.32. The molecule has 1 aromatic heterocycles. The van der Waals surface area contributed by atoms with Crippen molar-refractivity contribution in [2.24, 2.45) is 0 Å². The largest absolute Gasteiger partial charge is 0.387 e. The smallest absolute Gasteiger partial charge is 0.230 e. The van der Waals surface area contributed by atoms with Gasteiger partial charge in [-0.3, -0.25) is 4.79 Å². The van der Waals surface area contributed by atoms with E-state index in [1.807, 2.05) is 48.5 Å². The Labute approximate surface area is 133 Å². The molecule has 1 amide bonds. The number of H-pyrrole nitrogens is 1. The number of amides is 1. The van der Waals surface area contributed by atoms with Crippen LogP contribution < -0.4 is 0 Å². The van der Waals surface area contributed by atoms with E-state index in [1.165, 1.54) is 0 Å². The number of carbonyl (C=O) groups is 1. The van der Waals surface area contributed by atoms with Crippen molar-refractivity contribution < 1.29 is 9.90 Å². The Hall–Kier alpha value is -2.66. The number of hydrogen-bond acceptors (Lipinski definition) is 3.